The fraction of sp³-hybridized carbons (Fsp3) is 1.00. The smallest absolute Gasteiger partial charge is 0.0808 e. The summed E-state index contributed by atoms with van der Waals surface area (Å²) in [5.41, 5.74) is 0. The maximum atomic E-state index is 8.43. The Bertz CT molecular complexity index is 89.3. The van der Waals surface area contributed by atoms with Crippen LogP contribution in [-0.4, -0.2) is 37.6 Å². The molecule has 11 heavy (non-hydrogen) atoms. The van der Waals surface area contributed by atoms with E-state index < -0.39 is 0 Å². The van der Waals surface area contributed by atoms with Crippen molar-refractivity contribution in [2.45, 2.75) is 25.4 Å². The molecule has 1 N–H and O–H groups in total. The van der Waals surface area contributed by atoms with E-state index in [0.29, 0.717) is 13.2 Å². The monoisotopic (exact) mass is 160 g/mol. The molecule has 1 heterocycles. The quantitative estimate of drug-likeness (QED) is 0.611. The Labute approximate surface area is 67.3 Å². The average Bonchev–Trinajstić information content (AvgIpc) is 2.07. The number of hydrogen-bond acceptors (Lipinski definition) is 3. The minimum absolute atomic E-state index is 0.104. The topological polar surface area (TPSA) is 38.7 Å². The lowest BCUT2D eigenvalue weighted by atomic mass is 10.1. The summed E-state index contributed by atoms with van der Waals surface area (Å²) in [6.07, 6.45) is 3.80. The van der Waals surface area contributed by atoms with Crippen LogP contribution < -0.4 is 0 Å². The van der Waals surface area contributed by atoms with Gasteiger partial charge in [0.05, 0.1) is 25.9 Å². The van der Waals surface area contributed by atoms with Crippen LogP contribution in [0.25, 0.3) is 0 Å². The third kappa shape index (κ3) is 3.70. The molecule has 1 atom stereocenters. The summed E-state index contributed by atoms with van der Waals surface area (Å²) in [4.78, 5) is 0. The van der Waals surface area contributed by atoms with E-state index in [1.165, 1.54) is 12.8 Å². The van der Waals surface area contributed by atoms with E-state index in [2.05, 4.69) is 0 Å². The fourth-order valence-electron chi connectivity index (χ4n) is 1.22. The highest BCUT2D eigenvalue weighted by Gasteiger charge is 2.12. The van der Waals surface area contributed by atoms with Crippen LogP contribution in [0.3, 0.4) is 0 Å². The normalized spacial score (nSPS) is 25.4. The van der Waals surface area contributed by atoms with Gasteiger partial charge in [-0.05, 0) is 19.3 Å². The Morgan fingerprint density at radius 3 is 3.00 bits per heavy atom. The lowest BCUT2D eigenvalue weighted by Gasteiger charge is -2.21. The molecule has 66 valence electrons. The van der Waals surface area contributed by atoms with Crippen molar-refractivity contribution in [3.8, 4) is 0 Å². The van der Waals surface area contributed by atoms with Crippen LogP contribution in [0, 0.1) is 0 Å². The van der Waals surface area contributed by atoms with Gasteiger partial charge in [-0.15, -0.1) is 0 Å². The van der Waals surface area contributed by atoms with Gasteiger partial charge in [-0.25, -0.2) is 0 Å². The summed E-state index contributed by atoms with van der Waals surface area (Å²) < 4.78 is 10.6. The molecule has 3 heteroatoms. The highest BCUT2D eigenvalue weighted by atomic mass is 16.5. The summed E-state index contributed by atoms with van der Waals surface area (Å²) in [5, 5.41) is 8.43. The largest absolute Gasteiger partial charge is 0.394 e. The maximum absolute atomic E-state index is 8.43. The number of ether oxygens (including phenoxy) is 2. The van der Waals surface area contributed by atoms with Gasteiger partial charge in [-0.3, -0.25) is 0 Å². The number of aliphatic hydroxyl groups is 1. The highest BCUT2D eigenvalue weighted by Crippen LogP contribution is 2.12. The number of rotatable bonds is 4. The standard InChI is InChI=1S/C8H16O3/c9-4-6-10-7-8-3-1-2-5-11-8/h8-9H,1-7H2. The molecular weight excluding hydrogens is 144 g/mol. The van der Waals surface area contributed by atoms with Crippen molar-refractivity contribution in [2.24, 2.45) is 0 Å². The van der Waals surface area contributed by atoms with Gasteiger partial charge >= 0.3 is 0 Å². The lowest BCUT2D eigenvalue weighted by molar-refractivity contribution is -0.0456. The van der Waals surface area contributed by atoms with Crippen molar-refractivity contribution in [3.05, 3.63) is 0 Å². The van der Waals surface area contributed by atoms with Gasteiger partial charge in [0.15, 0.2) is 0 Å². The molecule has 1 unspecified atom stereocenters. The van der Waals surface area contributed by atoms with Crippen molar-refractivity contribution in [2.75, 3.05) is 26.4 Å². The number of aliphatic hydroxyl groups excluding tert-OH is 1. The van der Waals surface area contributed by atoms with Gasteiger partial charge in [0.2, 0.25) is 0 Å². The van der Waals surface area contributed by atoms with Crippen molar-refractivity contribution in [3.63, 3.8) is 0 Å². The molecule has 0 aromatic carbocycles. The van der Waals surface area contributed by atoms with Crippen molar-refractivity contribution in [1.82, 2.24) is 0 Å². The van der Waals surface area contributed by atoms with E-state index in [1.807, 2.05) is 0 Å². The highest BCUT2D eigenvalue weighted by molar-refractivity contribution is 4.61. The fourth-order valence-corrected chi connectivity index (χ4v) is 1.22. The average molecular weight is 160 g/mol. The molecule has 3 nitrogen and oxygen atoms in total. The second-order valence-electron chi connectivity index (χ2n) is 2.79. The molecule has 0 amide bonds. The molecule has 0 spiro atoms. The first-order valence-corrected chi connectivity index (χ1v) is 4.23. The summed E-state index contributed by atoms with van der Waals surface area (Å²) in [6.45, 7) is 2.04. The Balaban J connectivity index is 1.96. The third-order valence-corrected chi connectivity index (χ3v) is 1.81. The molecule has 0 aromatic rings. The molecule has 0 aromatic heterocycles. The zero-order valence-corrected chi connectivity index (χ0v) is 6.79. The molecule has 0 aliphatic carbocycles. The van der Waals surface area contributed by atoms with E-state index in [4.69, 9.17) is 14.6 Å². The van der Waals surface area contributed by atoms with Crippen molar-refractivity contribution < 1.29 is 14.6 Å². The van der Waals surface area contributed by atoms with Gasteiger partial charge in [0, 0.05) is 6.61 Å². The van der Waals surface area contributed by atoms with Gasteiger partial charge in [-0.1, -0.05) is 0 Å². The Morgan fingerprint density at radius 2 is 2.36 bits per heavy atom. The minimum atomic E-state index is 0.104. The van der Waals surface area contributed by atoms with E-state index in [0.717, 1.165) is 13.0 Å². The molecular formula is C8H16O3. The predicted molar refractivity (Wildman–Crippen MR) is 41.5 cm³/mol. The molecule has 1 aliphatic rings. The number of hydrogen-bond donors (Lipinski definition) is 1. The molecule has 1 aliphatic heterocycles. The van der Waals surface area contributed by atoms with Gasteiger partial charge in [0.25, 0.3) is 0 Å². The van der Waals surface area contributed by atoms with Gasteiger partial charge in [-0.2, -0.15) is 0 Å². The van der Waals surface area contributed by atoms with E-state index >= 15 is 0 Å². The summed E-state index contributed by atoms with van der Waals surface area (Å²) in [5.74, 6) is 0. The van der Waals surface area contributed by atoms with E-state index in [-0.39, 0.29) is 12.7 Å². The first-order chi connectivity index (χ1) is 5.43. The van der Waals surface area contributed by atoms with Crippen LogP contribution in [-0.2, 0) is 9.47 Å². The first kappa shape index (κ1) is 8.97. The third-order valence-electron chi connectivity index (χ3n) is 1.81. The van der Waals surface area contributed by atoms with E-state index in [9.17, 15) is 0 Å². The lowest BCUT2D eigenvalue weighted by Crippen LogP contribution is -2.24. The summed E-state index contributed by atoms with van der Waals surface area (Å²) in [7, 11) is 0. The van der Waals surface area contributed by atoms with Crippen LogP contribution >= 0.6 is 0 Å². The summed E-state index contributed by atoms with van der Waals surface area (Å²) in [6, 6.07) is 0. The SMILES string of the molecule is OCCOCC1CCCCO1. The Kier molecular flexibility index (Phi) is 4.50. The van der Waals surface area contributed by atoms with Crippen LogP contribution in [0.2, 0.25) is 0 Å². The minimum Gasteiger partial charge on any atom is -0.394 e. The molecule has 1 saturated heterocycles. The van der Waals surface area contributed by atoms with Gasteiger partial charge < -0.3 is 14.6 Å². The molecule has 0 bridgehead atoms. The maximum Gasteiger partial charge on any atom is 0.0808 e. The predicted octanol–water partition coefficient (Wildman–Crippen LogP) is 0.564. The van der Waals surface area contributed by atoms with Crippen LogP contribution in [0.1, 0.15) is 19.3 Å². The molecule has 0 radical (unpaired) electrons. The van der Waals surface area contributed by atoms with Crippen LogP contribution in [0.4, 0.5) is 0 Å². The second-order valence-corrected chi connectivity index (χ2v) is 2.79. The zero-order chi connectivity index (χ0) is 7.94. The van der Waals surface area contributed by atoms with Crippen molar-refractivity contribution >= 4 is 0 Å². The second kappa shape index (κ2) is 5.52. The van der Waals surface area contributed by atoms with Crippen LogP contribution in [0.15, 0.2) is 0 Å². The molecule has 1 rings (SSSR count). The molecule has 1 fully saturated rings. The summed E-state index contributed by atoms with van der Waals surface area (Å²) >= 11 is 0. The van der Waals surface area contributed by atoms with Crippen molar-refractivity contribution in [1.29, 1.82) is 0 Å². The van der Waals surface area contributed by atoms with Crippen LogP contribution in [0.5, 0.6) is 0 Å². The zero-order valence-electron chi connectivity index (χ0n) is 6.79. The van der Waals surface area contributed by atoms with Gasteiger partial charge in [0.1, 0.15) is 0 Å². The van der Waals surface area contributed by atoms with E-state index in [1.54, 1.807) is 0 Å². The first-order valence-electron chi connectivity index (χ1n) is 4.23. The Hall–Kier alpha value is -0.120. The molecule has 0 saturated carbocycles. The Morgan fingerprint density at radius 1 is 1.45 bits per heavy atom.